The van der Waals surface area contributed by atoms with E-state index in [9.17, 15) is 0 Å². The first kappa shape index (κ1) is 7.17. The zero-order valence-corrected chi connectivity index (χ0v) is 7.34. The molecule has 0 aromatic carbocycles. The van der Waals surface area contributed by atoms with Crippen LogP contribution in [-0.2, 0) is 0 Å². The molecule has 1 aliphatic carbocycles. The highest BCUT2D eigenvalue weighted by molar-refractivity contribution is 8.13. The molecule has 0 bridgehead atoms. The highest BCUT2D eigenvalue weighted by Crippen LogP contribution is 2.29. The second-order valence-electron chi connectivity index (χ2n) is 2.80. The van der Waals surface area contributed by atoms with E-state index in [2.05, 4.69) is 30.1 Å². The van der Waals surface area contributed by atoms with E-state index in [1.807, 2.05) is 17.3 Å². The van der Waals surface area contributed by atoms with Crippen molar-refractivity contribution in [1.29, 1.82) is 0 Å². The van der Waals surface area contributed by atoms with Gasteiger partial charge in [-0.25, -0.2) is 0 Å². The molecular weight excluding hydrogens is 154 g/mol. The summed E-state index contributed by atoms with van der Waals surface area (Å²) in [5, 5.41) is 0.588. The molecule has 11 heavy (non-hydrogen) atoms. The van der Waals surface area contributed by atoms with Crippen molar-refractivity contribution in [2.75, 3.05) is 0 Å². The van der Waals surface area contributed by atoms with Crippen LogP contribution in [0, 0.1) is 0 Å². The fraction of sp³-hybridized carbons (Fsp3) is 0.444. The first-order valence-corrected chi connectivity index (χ1v) is 4.90. The molecule has 0 radical (unpaired) electrons. The van der Waals surface area contributed by atoms with Crippen LogP contribution in [0.2, 0.25) is 0 Å². The summed E-state index contributed by atoms with van der Waals surface area (Å²) < 4.78 is 0. The lowest BCUT2D eigenvalue weighted by molar-refractivity contribution is 0.844. The Labute approximate surface area is 71.3 Å². The largest absolute Gasteiger partial charge is 0.277 e. The number of nitrogens with zero attached hydrogens (tertiary/aromatic N) is 1. The lowest BCUT2D eigenvalue weighted by Gasteiger charge is -2.15. The molecule has 2 atom stereocenters. The van der Waals surface area contributed by atoms with Crippen molar-refractivity contribution < 1.29 is 0 Å². The van der Waals surface area contributed by atoms with Crippen LogP contribution in [0.15, 0.2) is 28.8 Å². The molecule has 2 unspecified atom stereocenters. The SMILES string of the molecule is CCC1=CC2N=CSC2C=C1. The molecular formula is C9H11NS. The molecule has 2 rings (SSSR count). The summed E-state index contributed by atoms with van der Waals surface area (Å²) in [7, 11) is 0. The van der Waals surface area contributed by atoms with Crippen molar-refractivity contribution in [2.24, 2.45) is 4.99 Å². The third-order valence-corrected chi connectivity index (χ3v) is 3.07. The first-order valence-electron chi connectivity index (χ1n) is 3.96. The third kappa shape index (κ3) is 1.27. The molecule has 0 N–H and O–H groups in total. The quantitative estimate of drug-likeness (QED) is 0.581. The summed E-state index contributed by atoms with van der Waals surface area (Å²) >= 11 is 1.82. The molecule has 0 saturated carbocycles. The molecule has 0 aromatic rings. The Bertz CT molecular complexity index is 240. The second-order valence-corrected chi connectivity index (χ2v) is 3.83. The van der Waals surface area contributed by atoms with E-state index in [0.29, 0.717) is 11.3 Å². The third-order valence-electron chi connectivity index (χ3n) is 2.08. The van der Waals surface area contributed by atoms with Crippen molar-refractivity contribution in [3.8, 4) is 0 Å². The topological polar surface area (TPSA) is 12.4 Å². The smallest absolute Gasteiger partial charge is 0.0849 e. The average Bonchev–Trinajstić information content (AvgIpc) is 2.50. The number of thioether (sulfide) groups is 1. The van der Waals surface area contributed by atoms with E-state index >= 15 is 0 Å². The number of hydrogen-bond donors (Lipinski definition) is 0. The summed E-state index contributed by atoms with van der Waals surface area (Å²) in [6, 6.07) is 0.431. The zero-order chi connectivity index (χ0) is 7.68. The molecule has 2 aliphatic rings. The number of aliphatic imine (C=N–C) groups is 1. The lowest BCUT2D eigenvalue weighted by Crippen LogP contribution is -2.15. The van der Waals surface area contributed by atoms with Gasteiger partial charge in [-0.2, -0.15) is 0 Å². The Hall–Kier alpha value is -0.500. The van der Waals surface area contributed by atoms with Gasteiger partial charge < -0.3 is 0 Å². The van der Waals surface area contributed by atoms with Crippen LogP contribution in [0.1, 0.15) is 13.3 Å². The molecule has 58 valence electrons. The highest BCUT2D eigenvalue weighted by atomic mass is 32.2. The van der Waals surface area contributed by atoms with Gasteiger partial charge in [-0.1, -0.05) is 30.7 Å². The Morgan fingerprint density at radius 2 is 2.55 bits per heavy atom. The maximum Gasteiger partial charge on any atom is 0.0849 e. The molecule has 2 heteroatoms. The van der Waals surface area contributed by atoms with Gasteiger partial charge in [0.1, 0.15) is 0 Å². The minimum atomic E-state index is 0.431. The molecule has 0 aromatic heterocycles. The summed E-state index contributed by atoms with van der Waals surface area (Å²) in [4.78, 5) is 4.37. The van der Waals surface area contributed by atoms with Gasteiger partial charge in [-0.05, 0) is 6.42 Å². The normalized spacial score (nSPS) is 33.7. The fourth-order valence-electron chi connectivity index (χ4n) is 1.37. The predicted molar refractivity (Wildman–Crippen MR) is 51.2 cm³/mol. The molecule has 0 fully saturated rings. The van der Waals surface area contributed by atoms with E-state index in [4.69, 9.17) is 0 Å². The van der Waals surface area contributed by atoms with E-state index in [1.165, 1.54) is 5.57 Å². The highest BCUT2D eigenvalue weighted by Gasteiger charge is 2.22. The number of allylic oxidation sites excluding steroid dienone is 2. The van der Waals surface area contributed by atoms with Crippen LogP contribution in [0.5, 0.6) is 0 Å². The van der Waals surface area contributed by atoms with Gasteiger partial charge in [0, 0.05) is 0 Å². The van der Waals surface area contributed by atoms with Crippen LogP contribution in [0.4, 0.5) is 0 Å². The maximum atomic E-state index is 4.37. The first-order chi connectivity index (χ1) is 5.40. The van der Waals surface area contributed by atoms with E-state index in [1.54, 1.807) is 0 Å². The van der Waals surface area contributed by atoms with Gasteiger partial charge in [0.2, 0.25) is 0 Å². The monoisotopic (exact) mass is 165 g/mol. The van der Waals surface area contributed by atoms with Gasteiger partial charge in [0.15, 0.2) is 0 Å². The van der Waals surface area contributed by atoms with Crippen molar-refractivity contribution in [2.45, 2.75) is 24.6 Å². The average molecular weight is 165 g/mol. The van der Waals surface area contributed by atoms with Crippen LogP contribution >= 0.6 is 11.8 Å². The summed E-state index contributed by atoms with van der Waals surface area (Å²) in [6.45, 7) is 2.18. The predicted octanol–water partition coefficient (Wildman–Crippen LogP) is 2.40. The molecule has 1 nitrogen and oxygen atoms in total. The Kier molecular flexibility index (Phi) is 1.86. The van der Waals surface area contributed by atoms with Crippen LogP contribution in [-0.4, -0.2) is 16.8 Å². The summed E-state index contributed by atoms with van der Waals surface area (Å²) in [5.41, 5.74) is 3.39. The van der Waals surface area contributed by atoms with Crippen molar-refractivity contribution >= 4 is 17.3 Å². The fourth-order valence-corrected chi connectivity index (χ4v) is 2.20. The van der Waals surface area contributed by atoms with Gasteiger partial charge >= 0.3 is 0 Å². The Morgan fingerprint density at radius 3 is 3.36 bits per heavy atom. The summed E-state index contributed by atoms with van der Waals surface area (Å²) in [6.07, 6.45) is 7.89. The van der Waals surface area contributed by atoms with Gasteiger partial charge in [-0.3, -0.25) is 4.99 Å². The van der Waals surface area contributed by atoms with Crippen LogP contribution in [0.25, 0.3) is 0 Å². The van der Waals surface area contributed by atoms with Crippen LogP contribution < -0.4 is 0 Å². The number of hydrogen-bond acceptors (Lipinski definition) is 2. The second kappa shape index (κ2) is 2.86. The van der Waals surface area contributed by atoms with Crippen LogP contribution in [0.3, 0.4) is 0 Å². The van der Waals surface area contributed by atoms with Crippen molar-refractivity contribution in [3.05, 3.63) is 23.8 Å². The van der Waals surface area contributed by atoms with Gasteiger partial charge in [0.05, 0.1) is 16.8 Å². The molecule has 1 aliphatic heterocycles. The van der Waals surface area contributed by atoms with E-state index in [0.717, 1.165) is 6.42 Å². The molecule has 1 heterocycles. The minimum absolute atomic E-state index is 0.431. The van der Waals surface area contributed by atoms with Crippen molar-refractivity contribution in [3.63, 3.8) is 0 Å². The van der Waals surface area contributed by atoms with Crippen molar-refractivity contribution in [1.82, 2.24) is 0 Å². The Balaban J connectivity index is 2.19. The zero-order valence-electron chi connectivity index (χ0n) is 6.53. The standard InChI is InChI=1S/C9H11NS/c1-2-7-3-4-9-8(5-7)10-6-11-9/h3-6,8-9H,2H2,1H3. The Morgan fingerprint density at radius 1 is 1.64 bits per heavy atom. The summed E-state index contributed by atoms with van der Waals surface area (Å²) in [5.74, 6) is 0. The molecule has 0 amide bonds. The van der Waals surface area contributed by atoms with E-state index in [-0.39, 0.29) is 0 Å². The minimum Gasteiger partial charge on any atom is -0.277 e. The van der Waals surface area contributed by atoms with Gasteiger partial charge in [0.25, 0.3) is 0 Å². The lowest BCUT2D eigenvalue weighted by atomic mass is 10.0. The van der Waals surface area contributed by atoms with Gasteiger partial charge in [-0.15, -0.1) is 11.8 Å². The maximum absolute atomic E-state index is 4.37. The number of rotatable bonds is 1. The molecule has 0 spiro atoms. The number of fused-ring (bicyclic) bond motifs is 1. The van der Waals surface area contributed by atoms with E-state index < -0.39 is 0 Å². The molecule has 0 saturated heterocycles.